The highest BCUT2D eigenvalue weighted by Gasteiger charge is 2.16. The zero-order chi connectivity index (χ0) is 22.4. The van der Waals surface area contributed by atoms with Gasteiger partial charge in [-0.1, -0.05) is 48.0 Å². The van der Waals surface area contributed by atoms with Crippen LogP contribution in [0.2, 0.25) is 0 Å². The standard InChI is InChI=1S/C26H23NO4S/c1-20-7-17-26(18-8-20)32(28,29)31-25-13-9-21(10-14-25)19-27-22-11-15-24(16-12-22)30-23-5-3-2-4-6-23/h2-18,27H,19H2,1H3. The molecular formula is C26H23NO4S. The van der Waals surface area contributed by atoms with Crippen molar-refractivity contribution in [2.24, 2.45) is 0 Å². The third kappa shape index (κ3) is 5.68. The molecule has 0 amide bonds. The van der Waals surface area contributed by atoms with E-state index in [0.717, 1.165) is 28.3 Å². The van der Waals surface area contributed by atoms with Crippen LogP contribution in [0, 0.1) is 6.92 Å². The molecule has 0 saturated carbocycles. The van der Waals surface area contributed by atoms with Crippen molar-refractivity contribution in [3.63, 3.8) is 0 Å². The van der Waals surface area contributed by atoms with Gasteiger partial charge in [0.25, 0.3) is 0 Å². The number of ether oxygens (including phenoxy) is 1. The fraction of sp³-hybridized carbons (Fsp3) is 0.0769. The highest BCUT2D eigenvalue weighted by atomic mass is 32.2. The van der Waals surface area contributed by atoms with Crippen LogP contribution in [-0.4, -0.2) is 8.42 Å². The Balaban J connectivity index is 1.32. The van der Waals surface area contributed by atoms with Gasteiger partial charge in [0.1, 0.15) is 22.1 Å². The number of hydrogen-bond donors (Lipinski definition) is 1. The predicted octanol–water partition coefficient (Wildman–Crippen LogP) is 6.17. The number of hydrogen-bond acceptors (Lipinski definition) is 5. The second kappa shape index (κ2) is 9.58. The van der Waals surface area contributed by atoms with Gasteiger partial charge < -0.3 is 14.2 Å². The molecule has 0 aliphatic rings. The molecule has 4 aromatic rings. The molecule has 32 heavy (non-hydrogen) atoms. The molecule has 0 atom stereocenters. The quantitative estimate of drug-likeness (QED) is 0.329. The molecule has 0 spiro atoms. The predicted molar refractivity (Wildman–Crippen MR) is 126 cm³/mol. The van der Waals surface area contributed by atoms with E-state index in [9.17, 15) is 8.42 Å². The van der Waals surface area contributed by atoms with Crippen molar-refractivity contribution in [1.29, 1.82) is 0 Å². The summed E-state index contributed by atoms with van der Waals surface area (Å²) in [7, 11) is -3.85. The van der Waals surface area contributed by atoms with Gasteiger partial charge in [-0.15, -0.1) is 0 Å². The van der Waals surface area contributed by atoms with E-state index in [-0.39, 0.29) is 10.6 Å². The number of anilines is 1. The molecule has 4 aromatic carbocycles. The van der Waals surface area contributed by atoms with E-state index in [2.05, 4.69) is 5.32 Å². The molecule has 0 aliphatic carbocycles. The third-order valence-electron chi connectivity index (χ3n) is 4.77. The van der Waals surface area contributed by atoms with Crippen molar-refractivity contribution in [1.82, 2.24) is 0 Å². The summed E-state index contributed by atoms with van der Waals surface area (Å²) in [6, 6.07) is 30.9. The van der Waals surface area contributed by atoms with E-state index < -0.39 is 10.1 Å². The summed E-state index contributed by atoms with van der Waals surface area (Å²) >= 11 is 0. The maximum Gasteiger partial charge on any atom is 0.339 e. The average molecular weight is 446 g/mol. The van der Waals surface area contributed by atoms with E-state index in [1.807, 2.05) is 73.7 Å². The van der Waals surface area contributed by atoms with Crippen molar-refractivity contribution < 1.29 is 17.3 Å². The lowest BCUT2D eigenvalue weighted by Crippen LogP contribution is -2.09. The van der Waals surface area contributed by atoms with Crippen LogP contribution in [0.5, 0.6) is 17.2 Å². The number of rotatable bonds is 8. The topological polar surface area (TPSA) is 64.6 Å². The Kier molecular flexibility index (Phi) is 6.42. The van der Waals surface area contributed by atoms with Gasteiger partial charge in [0.15, 0.2) is 0 Å². The third-order valence-corrected chi connectivity index (χ3v) is 6.03. The van der Waals surface area contributed by atoms with Crippen molar-refractivity contribution in [3.8, 4) is 17.2 Å². The molecule has 162 valence electrons. The molecule has 5 nitrogen and oxygen atoms in total. The lowest BCUT2D eigenvalue weighted by atomic mass is 10.2. The monoisotopic (exact) mass is 445 g/mol. The summed E-state index contributed by atoms with van der Waals surface area (Å²) in [6.07, 6.45) is 0. The first-order valence-electron chi connectivity index (χ1n) is 10.1. The molecule has 0 fully saturated rings. The fourth-order valence-corrected chi connectivity index (χ4v) is 3.94. The van der Waals surface area contributed by atoms with Gasteiger partial charge in [-0.2, -0.15) is 8.42 Å². The Labute approximate surface area is 188 Å². The van der Waals surface area contributed by atoms with Crippen molar-refractivity contribution >= 4 is 15.8 Å². The zero-order valence-electron chi connectivity index (χ0n) is 17.6. The molecule has 0 saturated heterocycles. The molecule has 0 radical (unpaired) electrons. The number of aryl methyl sites for hydroxylation is 1. The van der Waals surface area contributed by atoms with Crippen LogP contribution in [-0.2, 0) is 16.7 Å². The fourth-order valence-electron chi connectivity index (χ4n) is 3.01. The Bertz CT molecular complexity index is 1250. The van der Waals surface area contributed by atoms with Gasteiger partial charge in [-0.25, -0.2) is 0 Å². The SMILES string of the molecule is Cc1ccc(S(=O)(=O)Oc2ccc(CNc3ccc(Oc4ccccc4)cc3)cc2)cc1. The lowest BCUT2D eigenvalue weighted by Gasteiger charge is -2.10. The second-order valence-corrected chi connectivity index (χ2v) is 8.83. The van der Waals surface area contributed by atoms with Crippen LogP contribution in [0.1, 0.15) is 11.1 Å². The minimum Gasteiger partial charge on any atom is -0.457 e. The maximum atomic E-state index is 12.4. The average Bonchev–Trinajstić information content (AvgIpc) is 2.80. The maximum absolute atomic E-state index is 12.4. The summed E-state index contributed by atoms with van der Waals surface area (Å²) in [4.78, 5) is 0.133. The first-order valence-corrected chi connectivity index (χ1v) is 11.6. The summed E-state index contributed by atoms with van der Waals surface area (Å²) in [5.74, 6) is 1.83. The lowest BCUT2D eigenvalue weighted by molar-refractivity contribution is 0.482. The van der Waals surface area contributed by atoms with Crippen LogP contribution >= 0.6 is 0 Å². The summed E-state index contributed by atoms with van der Waals surface area (Å²) in [5.41, 5.74) is 2.93. The molecule has 0 aliphatic heterocycles. The summed E-state index contributed by atoms with van der Waals surface area (Å²) < 4.78 is 35.9. The molecule has 4 rings (SSSR count). The van der Waals surface area contributed by atoms with Crippen molar-refractivity contribution in [2.75, 3.05) is 5.32 Å². The van der Waals surface area contributed by atoms with Gasteiger partial charge >= 0.3 is 10.1 Å². The second-order valence-electron chi connectivity index (χ2n) is 7.29. The molecule has 0 aromatic heterocycles. The smallest absolute Gasteiger partial charge is 0.339 e. The molecule has 6 heteroatoms. The van der Waals surface area contributed by atoms with Crippen LogP contribution in [0.3, 0.4) is 0 Å². The van der Waals surface area contributed by atoms with E-state index >= 15 is 0 Å². The molecule has 0 unspecified atom stereocenters. The Morgan fingerprint density at radius 3 is 1.94 bits per heavy atom. The van der Waals surface area contributed by atoms with Crippen LogP contribution < -0.4 is 14.2 Å². The van der Waals surface area contributed by atoms with Gasteiger partial charge in [0, 0.05) is 12.2 Å². The molecule has 1 N–H and O–H groups in total. The first kappa shape index (κ1) is 21.5. The largest absolute Gasteiger partial charge is 0.457 e. The number of benzene rings is 4. The summed E-state index contributed by atoms with van der Waals surface area (Å²) in [5, 5.41) is 3.34. The Morgan fingerprint density at radius 2 is 1.28 bits per heavy atom. The Morgan fingerprint density at radius 1 is 0.688 bits per heavy atom. The van der Waals surface area contributed by atoms with E-state index in [1.165, 1.54) is 0 Å². The molecule has 0 heterocycles. The Hall–Kier alpha value is -3.77. The normalized spacial score (nSPS) is 11.0. The van der Waals surface area contributed by atoms with Crippen LogP contribution in [0.15, 0.2) is 108 Å². The van der Waals surface area contributed by atoms with E-state index in [4.69, 9.17) is 8.92 Å². The van der Waals surface area contributed by atoms with Gasteiger partial charge in [0.2, 0.25) is 0 Å². The highest BCUT2D eigenvalue weighted by Crippen LogP contribution is 2.23. The highest BCUT2D eigenvalue weighted by molar-refractivity contribution is 7.87. The van der Waals surface area contributed by atoms with Crippen molar-refractivity contribution in [3.05, 3.63) is 114 Å². The van der Waals surface area contributed by atoms with Crippen LogP contribution in [0.4, 0.5) is 5.69 Å². The zero-order valence-corrected chi connectivity index (χ0v) is 18.4. The van der Waals surface area contributed by atoms with E-state index in [0.29, 0.717) is 6.54 Å². The van der Waals surface area contributed by atoms with Crippen LogP contribution in [0.25, 0.3) is 0 Å². The van der Waals surface area contributed by atoms with Gasteiger partial charge in [0.05, 0.1) is 0 Å². The minimum absolute atomic E-state index is 0.133. The molecule has 0 bridgehead atoms. The van der Waals surface area contributed by atoms with Crippen molar-refractivity contribution in [2.45, 2.75) is 18.4 Å². The first-order chi connectivity index (χ1) is 15.5. The summed E-state index contributed by atoms with van der Waals surface area (Å²) in [6.45, 7) is 2.49. The number of para-hydroxylation sites is 1. The van der Waals surface area contributed by atoms with Gasteiger partial charge in [-0.05, 0) is 73.2 Å². The molecular weight excluding hydrogens is 422 g/mol. The number of nitrogens with one attached hydrogen (secondary N) is 1. The van der Waals surface area contributed by atoms with E-state index in [1.54, 1.807) is 36.4 Å². The minimum atomic E-state index is -3.85. The van der Waals surface area contributed by atoms with Gasteiger partial charge in [-0.3, -0.25) is 0 Å².